The molecule has 0 bridgehead atoms. The molecule has 34 heavy (non-hydrogen) atoms. The van der Waals surface area contributed by atoms with Crippen molar-refractivity contribution < 1.29 is 19.1 Å². The summed E-state index contributed by atoms with van der Waals surface area (Å²) in [5, 5.41) is 6.31. The van der Waals surface area contributed by atoms with Crippen molar-refractivity contribution in [3.05, 3.63) is 58.4 Å². The van der Waals surface area contributed by atoms with E-state index in [9.17, 15) is 14.4 Å². The van der Waals surface area contributed by atoms with Gasteiger partial charge in [0.05, 0.1) is 23.7 Å². The first-order valence-electron chi connectivity index (χ1n) is 11.5. The summed E-state index contributed by atoms with van der Waals surface area (Å²) < 4.78 is 5.94. The number of carbonyl (C=O) groups excluding carboxylic acids is 3. The number of nitrogens with zero attached hydrogens (tertiary/aromatic N) is 2. The third kappa shape index (κ3) is 6.93. The van der Waals surface area contributed by atoms with Crippen molar-refractivity contribution in [2.75, 3.05) is 26.2 Å². The summed E-state index contributed by atoms with van der Waals surface area (Å²) in [7, 11) is 0. The lowest BCUT2D eigenvalue weighted by atomic mass is 10.1. The second kappa shape index (κ2) is 11.8. The van der Waals surface area contributed by atoms with Crippen LogP contribution in [0.3, 0.4) is 0 Å². The molecule has 0 fully saturated rings. The van der Waals surface area contributed by atoms with Gasteiger partial charge in [0, 0.05) is 30.0 Å². The number of nitrogens with one attached hydrogen (secondary N) is 2. The molecule has 3 amide bonds. The number of amides is 3. The van der Waals surface area contributed by atoms with E-state index in [-0.39, 0.29) is 42.8 Å². The van der Waals surface area contributed by atoms with Gasteiger partial charge in [-0.25, -0.2) is 0 Å². The van der Waals surface area contributed by atoms with Crippen LogP contribution in [0.5, 0.6) is 5.75 Å². The zero-order valence-electron chi connectivity index (χ0n) is 19.8. The molecular weight excluding hydrogens is 456 g/mol. The number of aromatic nitrogens is 1. The summed E-state index contributed by atoms with van der Waals surface area (Å²) in [5.41, 5.74) is 1.59. The van der Waals surface area contributed by atoms with Gasteiger partial charge in [0.1, 0.15) is 12.4 Å². The highest BCUT2D eigenvalue weighted by atomic mass is 35.5. The van der Waals surface area contributed by atoms with Crippen molar-refractivity contribution in [1.29, 1.82) is 0 Å². The van der Waals surface area contributed by atoms with Gasteiger partial charge >= 0.3 is 0 Å². The molecule has 8 nitrogen and oxygen atoms in total. The molecule has 182 valence electrons. The van der Waals surface area contributed by atoms with Crippen LogP contribution in [0.15, 0.2) is 36.5 Å². The number of hydrogen-bond acceptors (Lipinski definition) is 5. The monoisotopic (exact) mass is 486 g/mol. The van der Waals surface area contributed by atoms with E-state index in [0.29, 0.717) is 47.8 Å². The third-order valence-corrected chi connectivity index (χ3v) is 5.91. The fourth-order valence-electron chi connectivity index (χ4n) is 3.57. The number of halogens is 1. The van der Waals surface area contributed by atoms with Gasteiger partial charge in [-0.05, 0) is 56.0 Å². The van der Waals surface area contributed by atoms with Crippen molar-refractivity contribution >= 4 is 29.3 Å². The first kappa shape index (κ1) is 25.5. The number of aryl methyl sites for hydroxylation is 1. The Hall–Kier alpha value is -3.13. The van der Waals surface area contributed by atoms with Gasteiger partial charge in [0.2, 0.25) is 5.91 Å². The van der Waals surface area contributed by atoms with Crippen LogP contribution in [0.25, 0.3) is 0 Å². The molecule has 2 N–H and O–H groups in total. The summed E-state index contributed by atoms with van der Waals surface area (Å²) in [5.74, 6) is -0.335. The first-order chi connectivity index (χ1) is 16.2. The Morgan fingerprint density at radius 1 is 1.21 bits per heavy atom. The maximum absolute atomic E-state index is 13.1. The minimum atomic E-state index is -0.317. The Kier molecular flexibility index (Phi) is 8.87. The number of pyridine rings is 1. The molecule has 3 rings (SSSR count). The van der Waals surface area contributed by atoms with E-state index >= 15 is 0 Å². The molecule has 1 aromatic heterocycles. The van der Waals surface area contributed by atoms with E-state index in [1.54, 1.807) is 30.3 Å². The zero-order chi connectivity index (χ0) is 24.7. The Labute approximate surface area is 205 Å². The van der Waals surface area contributed by atoms with Crippen LogP contribution in [0, 0.1) is 12.8 Å². The molecule has 0 saturated carbocycles. The molecule has 1 aliphatic rings. The van der Waals surface area contributed by atoms with Crippen molar-refractivity contribution in [1.82, 2.24) is 20.5 Å². The average molecular weight is 487 g/mol. The molecule has 0 unspecified atom stereocenters. The van der Waals surface area contributed by atoms with E-state index < -0.39 is 0 Å². The highest BCUT2D eigenvalue weighted by molar-refractivity contribution is 6.31. The standard InChI is InChI=1S/C25H31ClN4O4/c1-16(2)21-15-34-22-9-8-19(26)12-20(22)24(32)27-10-4-5-11-30(14-23(31)29-21)25(33)18-7-6-17(3)28-13-18/h6-9,12-13,16,21H,4-5,10-11,14-15H2,1-3H3,(H,27,32)(H,29,31)/t21-/m1/s1. The maximum Gasteiger partial charge on any atom is 0.255 e. The summed E-state index contributed by atoms with van der Waals surface area (Å²) in [4.78, 5) is 44.5. The average Bonchev–Trinajstić information content (AvgIpc) is 2.81. The van der Waals surface area contributed by atoms with Crippen LogP contribution in [0.2, 0.25) is 5.02 Å². The van der Waals surface area contributed by atoms with E-state index in [2.05, 4.69) is 15.6 Å². The molecule has 0 radical (unpaired) electrons. The Morgan fingerprint density at radius 2 is 2.00 bits per heavy atom. The van der Waals surface area contributed by atoms with Gasteiger partial charge in [-0.2, -0.15) is 0 Å². The number of ether oxygens (including phenoxy) is 1. The predicted molar refractivity (Wildman–Crippen MR) is 130 cm³/mol. The minimum Gasteiger partial charge on any atom is -0.491 e. The van der Waals surface area contributed by atoms with Gasteiger partial charge in [0.15, 0.2) is 0 Å². The van der Waals surface area contributed by atoms with Gasteiger partial charge in [-0.3, -0.25) is 19.4 Å². The van der Waals surface area contributed by atoms with Gasteiger partial charge in [-0.15, -0.1) is 0 Å². The Bertz CT molecular complexity index is 1030. The molecule has 0 saturated heterocycles. The molecule has 2 heterocycles. The minimum absolute atomic E-state index is 0.0645. The normalized spacial score (nSPS) is 18.1. The Morgan fingerprint density at radius 3 is 2.71 bits per heavy atom. The second-order valence-electron chi connectivity index (χ2n) is 8.75. The molecular formula is C25H31ClN4O4. The zero-order valence-corrected chi connectivity index (χ0v) is 20.5. The number of rotatable bonds is 2. The van der Waals surface area contributed by atoms with Crippen LogP contribution < -0.4 is 15.4 Å². The van der Waals surface area contributed by atoms with Crippen molar-refractivity contribution in [2.45, 2.75) is 39.7 Å². The molecule has 1 aliphatic heterocycles. The lowest BCUT2D eigenvalue weighted by Crippen LogP contribution is -2.48. The summed E-state index contributed by atoms with van der Waals surface area (Å²) >= 11 is 6.11. The number of benzene rings is 1. The lowest BCUT2D eigenvalue weighted by Gasteiger charge is -2.26. The molecule has 2 aromatic rings. The highest BCUT2D eigenvalue weighted by Gasteiger charge is 2.24. The highest BCUT2D eigenvalue weighted by Crippen LogP contribution is 2.24. The van der Waals surface area contributed by atoms with Gasteiger partial charge in [-0.1, -0.05) is 25.4 Å². The quantitative estimate of drug-likeness (QED) is 0.678. The second-order valence-corrected chi connectivity index (χ2v) is 9.18. The van der Waals surface area contributed by atoms with E-state index in [1.807, 2.05) is 20.8 Å². The summed E-state index contributed by atoms with van der Waals surface area (Å²) in [6.45, 7) is 6.68. The summed E-state index contributed by atoms with van der Waals surface area (Å²) in [6.07, 6.45) is 2.78. The molecule has 0 spiro atoms. The smallest absolute Gasteiger partial charge is 0.255 e. The van der Waals surface area contributed by atoms with Gasteiger partial charge < -0.3 is 20.3 Å². The van der Waals surface area contributed by atoms with Crippen molar-refractivity contribution in [3.8, 4) is 5.75 Å². The number of hydrogen-bond donors (Lipinski definition) is 2. The SMILES string of the molecule is Cc1ccc(C(=O)N2CCCCNC(=O)c3cc(Cl)ccc3OC[C@H](C(C)C)NC(=O)C2)cn1. The fraction of sp³-hybridized carbons (Fsp3) is 0.440. The molecule has 1 atom stereocenters. The van der Waals surface area contributed by atoms with Crippen LogP contribution in [-0.2, 0) is 4.79 Å². The first-order valence-corrected chi connectivity index (χ1v) is 11.8. The van der Waals surface area contributed by atoms with Crippen LogP contribution >= 0.6 is 11.6 Å². The Balaban J connectivity index is 1.82. The predicted octanol–water partition coefficient (Wildman–Crippen LogP) is 3.23. The third-order valence-electron chi connectivity index (χ3n) is 5.68. The molecule has 1 aromatic carbocycles. The van der Waals surface area contributed by atoms with Crippen LogP contribution in [0.4, 0.5) is 0 Å². The molecule has 9 heteroatoms. The van der Waals surface area contributed by atoms with E-state index in [4.69, 9.17) is 16.3 Å². The largest absolute Gasteiger partial charge is 0.491 e. The van der Waals surface area contributed by atoms with E-state index in [0.717, 1.165) is 5.69 Å². The van der Waals surface area contributed by atoms with Crippen molar-refractivity contribution in [3.63, 3.8) is 0 Å². The number of fused-ring (bicyclic) bond motifs is 1. The fourth-order valence-corrected chi connectivity index (χ4v) is 3.74. The summed E-state index contributed by atoms with van der Waals surface area (Å²) in [6, 6.07) is 8.06. The molecule has 0 aliphatic carbocycles. The van der Waals surface area contributed by atoms with Gasteiger partial charge in [0.25, 0.3) is 11.8 Å². The van der Waals surface area contributed by atoms with Crippen molar-refractivity contribution in [2.24, 2.45) is 5.92 Å². The maximum atomic E-state index is 13.1. The van der Waals surface area contributed by atoms with Crippen LogP contribution in [-0.4, -0.2) is 59.9 Å². The topological polar surface area (TPSA) is 101 Å². The number of carbonyl (C=O) groups is 3. The lowest BCUT2D eigenvalue weighted by molar-refractivity contribution is -0.123. The van der Waals surface area contributed by atoms with Crippen LogP contribution in [0.1, 0.15) is 53.1 Å². The van der Waals surface area contributed by atoms with E-state index in [1.165, 1.54) is 11.1 Å².